The lowest BCUT2D eigenvalue weighted by Gasteiger charge is -2.09. The molecule has 3 N–H and O–H groups in total. The molecular weight excluding hydrogens is 269 g/mol. The number of anilines is 3. The summed E-state index contributed by atoms with van der Waals surface area (Å²) in [4.78, 5) is 8.33. The first-order valence-corrected chi connectivity index (χ1v) is 5.82. The SMILES string of the molecule is Nc1cn2ccnc2c(Nc2ccc(F)cc2Cl)n1. The molecule has 0 saturated carbocycles. The van der Waals surface area contributed by atoms with Crippen LogP contribution in [0, 0.1) is 5.82 Å². The van der Waals surface area contributed by atoms with Gasteiger partial charge in [0.1, 0.15) is 11.6 Å². The average molecular weight is 278 g/mol. The van der Waals surface area contributed by atoms with Crippen LogP contribution in [0.3, 0.4) is 0 Å². The molecule has 0 saturated heterocycles. The lowest BCUT2D eigenvalue weighted by molar-refractivity contribution is 0.628. The molecule has 0 aliphatic heterocycles. The number of aromatic nitrogens is 3. The smallest absolute Gasteiger partial charge is 0.180 e. The standard InChI is InChI=1S/C12H9ClFN5/c13-8-5-7(14)1-2-9(8)17-11-12-16-3-4-19(12)6-10(15)18-11/h1-6H,15H2,(H,17,18). The summed E-state index contributed by atoms with van der Waals surface area (Å²) in [5, 5.41) is 3.25. The van der Waals surface area contributed by atoms with E-state index in [1.807, 2.05) is 0 Å². The number of nitrogens with one attached hydrogen (secondary N) is 1. The molecule has 7 heteroatoms. The van der Waals surface area contributed by atoms with E-state index < -0.39 is 5.82 Å². The van der Waals surface area contributed by atoms with E-state index in [9.17, 15) is 4.39 Å². The molecule has 3 aromatic rings. The zero-order chi connectivity index (χ0) is 13.4. The maximum atomic E-state index is 13.0. The van der Waals surface area contributed by atoms with Gasteiger partial charge in [-0.05, 0) is 18.2 Å². The summed E-state index contributed by atoms with van der Waals surface area (Å²) >= 11 is 5.96. The molecule has 0 aliphatic rings. The van der Waals surface area contributed by atoms with Crippen molar-refractivity contribution in [1.82, 2.24) is 14.4 Å². The molecule has 1 aromatic carbocycles. The van der Waals surface area contributed by atoms with Gasteiger partial charge in [0.25, 0.3) is 0 Å². The van der Waals surface area contributed by atoms with Crippen LogP contribution in [0.1, 0.15) is 0 Å². The summed E-state index contributed by atoms with van der Waals surface area (Å²) in [7, 11) is 0. The van der Waals surface area contributed by atoms with Crippen LogP contribution in [0.2, 0.25) is 5.02 Å². The zero-order valence-electron chi connectivity index (χ0n) is 9.64. The van der Waals surface area contributed by atoms with Gasteiger partial charge in [0.05, 0.1) is 16.9 Å². The number of benzene rings is 1. The topological polar surface area (TPSA) is 68.2 Å². The Morgan fingerprint density at radius 1 is 1.37 bits per heavy atom. The van der Waals surface area contributed by atoms with Crippen molar-refractivity contribution in [3.05, 3.63) is 47.6 Å². The fourth-order valence-electron chi connectivity index (χ4n) is 1.75. The molecule has 3 rings (SSSR count). The van der Waals surface area contributed by atoms with E-state index in [0.717, 1.165) is 0 Å². The van der Waals surface area contributed by atoms with Gasteiger partial charge in [-0.1, -0.05) is 11.6 Å². The highest BCUT2D eigenvalue weighted by Crippen LogP contribution is 2.27. The van der Waals surface area contributed by atoms with Crippen molar-refractivity contribution in [2.45, 2.75) is 0 Å². The maximum absolute atomic E-state index is 13.0. The lowest BCUT2D eigenvalue weighted by atomic mass is 10.3. The molecule has 0 atom stereocenters. The van der Waals surface area contributed by atoms with Crippen LogP contribution in [-0.2, 0) is 0 Å². The number of fused-ring (bicyclic) bond motifs is 1. The molecular formula is C12H9ClFN5. The van der Waals surface area contributed by atoms with Crippen molar-refractivity contribution >= 4 is 34.6 Å². The van der Waals surface area contributed by atoms with Gasteiger partial charge in [0, 0.05) is 12.4 Å². The largest absolute Gasteiger partial charge is 0.382 e. The average Bonchev–Trinajstić information content (AvgIpc) is 2.80. The highest BCUT2D eigenvalue weighted by atomic mass is 35.5. The van der Waals surface area contributed by atoms with E-state index in [0.29, 0.717) is 23.0 Å². The second-order valence-corrected chi connectivity index (χ2v) is 4.33. The number of rotatable bonds is 2. The van der Waals surface area contributed by atoms with Crippen LogP contribution in [0.25, 0.3) is 5.65 Å². The van der Waals surface area contributed by atoms with E-state index >= 15 is 0 Å². The molecule has 0 bridgehead atoms. The van der Waals surface area contributed by atoms with Crippen molar-refractivity contribution in [1.29, 1.82) is 0 Å². The first-order valence-electron chi connectivity index (χ1n) is 5.45. The van der Waals surface area contributed by atoms with Crippen molar-refractivity contribution < 1.29 is 4.39 Å². The van der Waals surface area contributed by atoms with Crippen LogP contribution in [0.15, 0.2) is 36.8 Å². The highest BCUT2D eigenvalue weighted by molar-refractivity contribution is 6.33. The van der Waals surface area contributed by atoms with E-state index in [1.54, 1.807) is 23.0 Å². The third-order valence-corrected chi connectivity index (χ3v) is 2.89. The Balaban J connectivity index is 2.07. The molecule has 0 amide bonds. The molecule has 19 heavy (non-hydrogen) atoms. The number of nitrogens with zero attached hydrogens (tertiary/aromatic N) is 3. The van der Waals surface area contributed by atoms with Gasteiger partial charge in [0.15, 0.2) is 11.5 Å². The third kappa shape index (κ3) is 2.17. The molecule has 2 heterocycles. The number of nitrogens with two attached hydrogens (primary N) is 1. The Morgan fingerprint density at radius 2 is 2.21 bits per heavy atom. The summed E-state index contributed by atoms with van der Waals surface area (Å²) in [6, 6.07) is 4.06. The predicted octanol–water partition coefficient (Wildman–Crippen LogP) is 2.85. The van der Waals surface area contributed by atoms with Gasteiger partial charge in [-0.3, -0.25) is 0 Å². The van der Waals surface area contributed by atoms with Crippen LogP contribution in [-0.4, -0.2) is 14.4 Å². The first kappa shape index (κ1) is 11.7. The molecule has 96 valence electrons. The Bertz CT molecular complexity index is 755. The second kappa shape index (κ2) is 4.40. The maximum Gasteiger partial charge on any atom is 0.180 e. The van der Waals surface area contributed by atoms with Gasteiger partial charge in [-0.2, -0.15) is 0 Å². The summed E-state index contributed by atoms with van der Waals surface area (Å²) < 4.78 is 14.7. The molecule has 0 fully saturated rings. The van der Waals surface area contributed by atoms with E-state index in [1.165, 1.54) is 18.2 Å². The monoisotopic (exact) mass is 277 g/mol. The van der Waals surface area contributed by atoms with Crippen molar-refractivity contribution in [2.24, 2.45) is 0 Å². The molecule has 0 spiro atoms. The van der Waals surface area contributed by atoms with Crippen molar-refractivity contribution in [3.63, 3.8) is 0 Å². The summed E-state index contributed by atoms with van der Waals surface area (Å²) in [5.41, 5.74) is 6.85. The molecule has 0 radical (unpaired) electrons. The minimum absolute atomic E-state index is 0.258. The predicted molar refractivity (Wildman–Crippen MR) is 72.1 cm³/mol. The number of halogens is 2. The van der Waals surface area contributed by atoms with Crippen molar-refractivity contribution in [3.8, 4) is 0 Å². The number of hydrogen-bond donors (Lipinski definition) is 2. The fraction of sp³-hybridized carbons (Fsp3) is 0. The summed E-state index contributed by atoms with van der Waals surface area (Å²) in [6.45, 7) is 0. The number of nitrogen functional groups attached to an aromatic ring is 1. The van der Waals surface area contributed by atoms with Crippen LogP contribution >= 0.6 is 11.6 Å². The fourth-order valence-corrected chi connectivity index (χ4v) is 1.97. The van der Waals surface area contributed by atoms with Gasteiger partial charge >= 0.3 is 0 Å². The lowest BCUT2D eigenvalue weighted by Crippen LogP contribution is -2.02. The van der Waals surface area contributed by atoms with Crippen LogP contribution in [0.5, 0.6) is 0 Å². The van der Waals surface area contributed by atoms with Gasteiger partial charge in [-0.25, -0.2) is 14.4 Å². The van der Waals surface area contributed by atoms with Crippen LogP contribution in [0.4, 0.5) is 21.7 Å². The van der Waals surface area contributed by atoms with E-state index in [-0.39, 0.29) is 5.02 Å². The minimum Gasteiger partial charge on any atom is -0.382 e. The number of hydrogen-bond acceptors (Lipinski definition) is 4. The summed E-state index contributed by atoms with van der Waals surface area (Å²) in [5.74, 6) is 0.395. The van der Waals surface area contributed by atoms with E-state index in [2.05, 4.69) is 15.3 Å². The highest BCUT2D eigenvalue weighted by Gasteiger charge is 2.09. The van der Waals surface area contributed by atoms with Crippen molar-refractivity contribution in [2.75, 3.05) is 11.1 Å². The second-order valence-electron chi connectivity index (χ2n) is 3.92. The Hall–Kier alpha value is -2.34. The summed E-state index contributed by atoms with van der Waals surface area (Å²) in [6.07, 6.45) is 5.04. The minimum atomic E-state index is -0.401. The number of imidazole rings is 1. The molecule has 0 unspecified atom stereocenters. The zero-order valence-corrected chi connectivity index (χ0v) is 10.4. The molecule has 2 aromatic heterocycles. The molecule has 5 nitrogen and oxygen atoms in total. The third-order valence-electron chi connectivity index (χ3n) is 2.58. The Labute approximate surface area is 112 Å². The Kier molecular flexibility index (Phi) is 2.72. The first-order chi connectivity index (χ1) is 9.13. The normalized spacial score (nSPS) is 10.8. The quantitative estimate of drug-likeness (QED) is 0.756. The van der Waals surface area contributed by atoms with Gasteiger partial charge < -0.3 is 15.5 Å². The van der Waals surface area contributed by atoms with Crippen LogP contribution < -0.4 is 11.1 Å². The van der Waals surface area contributed by atoms with Gasteiger partial charge in [0.2, 0.25) is 0 Å². The van der Waals surface area contributed by atoms with Gasteiger partial charge in [-0.15, -0.1) is 0 Å². The molecule has 0 aliphatic carbocycles. The van der Waals surface area contributed by atoms with E-state index in [4.69, 9.17) is 17.3 Å². The Morgan fingerprint density at radius 3 is 3.00 bits per heavy atom.